The van der Waals surface area contributed by atoms with E-state index in [1.807, 2.05) is 4.90 Å². The molecule has 0 N–H and O–H groups in total. The van der Waals surface area contributed by atoms with Gasteiger partial charge in [-0.3, -0.25) is 4.79 Å². The average molecular weight is 277 g/mol. The van der Waals surface area contributed by atoms with E-state index in [2.05, 4.69) is 6.92 Å². The minimum Gasteiger partial charge on any atom is -0.373 e. The van der Waals surface area contributed by atoms with Crippen molar-refractivity contribution in [2.45, 2.75) is 38.9 Å². The Balaban J connectivity index is 1.75. The Hall–Kier alpha value is -1.42. The molecule has 1 amide bonds. The molecule has 0 bridgehead atoms. The summed E-state index contributed by atoms with van der Waals surface area (Å²) in [5.41, 5.74) is 1.29. The number of nitrogens with zero attached hydrogens (tertiary/aromatic N) is 1. The number of hydrogen-bond acceptors (Lipinski definition) is 2. The maximum Gasteiger partial charge on any atom is 0.254 e. The third kappa shape index (κ3) is 2.44. The number of likely N-dealkylation sites (tertiary alicyclic amines) is 1. The Morgan fingerprint density at radius 3 is 3.00 bits per heavy atom. The number of rotatable bonds is 1. The first-order chi connectivity index (χ1) is 9.54. The van der Waals surface area contributed by atoms with Crippen LogP contribution in [-0.4, -0.2) is 36.1 Å². The van der Waals surface area contributed by atoms with Crippen LogP contribution in [0.3, 0.4) is 0 Å². The molecule has 0 unspecified atom stereocenters. The van der Waals surface area contributed by atoms with Crippen LogP contribution in [-0.2, 0) is 4.74 Å². The number of ether oxygens (including phenoxy) is 1. The zero-order valence-electron chi connectivity index (χ0n) is 11.9. The third-order valence-corrected chi connectivity index (χ3v) is 4.44. The lowest BCUT2D eigenvalue weighted by atomic mass is 9.91. The molecule has 1 aromatic rings. The van der Waals surface area contributed by atoms with Crippen molar-refractivity contribution in [2.75, 3.05) is 13.1 Å². The summed E-state index contributed by atoms with van der Waals surface area (Å²) in [5.74, 6) is 0.276. The van der Waals surface area contributed by atoms with Crippen LogP contribution in [0.25, 0.3) is 0 Å². The Morgan fingerprint density at radius 2 is 2.25 bits per heavy atom. The van der Waals surface area contributed by atoms with Crippen molar-refractivity contribution in [1.29, 1.82) is 0 Å². The minimum absolute atomic E-state index is 0.0101. The number of hydrogen-bond donors (Lipinski definition) is 0. The van der Waals surface area contributed by atoms with Crippen LogP contribution >= 0.6 is 0 Å². The largest absolute Gasteiger partial charge is 0.373 e. The molecule has 1 aromatic carbocycles. The van der Waals surface area contributed by atoms with Crippen LogP contribution in [0.1, 0.15) is 35.7 Å². The van der Waals surface area contributed by atoms with E-state index >= 15 is 0 Å². The highest BCUT2D eigenvalue weighted by molar-refractivity contribution is 5.95. The van der Waals surface area contributed by atoms with Gasteiger partial charge in [0.05, 0.1) is 12.2 Å². The van der Waals surface area contributed by atoms with Crippen molar-refractivity contribution in [3.63, 3.8) is 0 Å². The van der Waals surface area contributed by atoms with Gasteiger partial charge in [0.15, 0.2) is 0 Å². The van der Waals surface area contributed by atoms with Crippen LogP contribution < -0.4 is 0 Å². The van der Waals surface area contributed by atoms with Crippen molar-refractivity contribution >= 4 is 5.91 Å². The average Bonchev–Trinajstić information content (AvgIpc) is 2.77. The standard InChI is InChI=1S/C16H20FNO2/c1-10-7-13(17)3-4-14(10)16(19)18-6-5-12-8-11(2)20-15(12)9-18/h3-4,7,11-12,15H,5-6,8-9H2,1-2H3/t11-,12+,15-/m0/s1. The molecule has 0 spiro atoms. The first-order valence-electron chi connectivity index (χ1n) is 7.25. The molecule has 0 aliphatic carbocycles. The molecule has 108 valence electrons. The lowest BCUT2D eigenvalue weighted by Gasteiger charge is -2.34. The van der Waals surface area contributed by atoms with Crippen molar-refractivity contribution in [3.05, 3.63) is 35.1 Å². The molecule has 3 rings (SSSR count). The van der Waals surface area contributed by atoms with E-state index in [-0.39, 0.29) is 17.8 Å². The van der Waals surface area contributed by atoms with Gasteiger partial charge in [0.1, 0.15) is 5.82 Å². The van der Waals surface area contributed by atoms with Gasteiger partial charge in [-0.25, -0.2) is 4.39 Å². The van der Waals surface area contributed by atoms with Gasteiger partial charge in [-0.1, -0.05) is 0 Å². The molecular formula is C16H20FNO2. The molecule has 2 aliphatic rings. The SMILES string of the molecule is Cc1cc(F)ccc1C(=O)N1CC[C@@H]2C[C@H](C)O[C@H]2C1. The molecule has 2 fully saturated rings. The molecule has 0 aromatic heterocycles. The molecule has 2 heterocycles. The second-order valence-corrected chi connectivity index (χ2v) is 5.98. The highest BCUT2D eigenvalue weighted by Crippen LogP contribution is 2.33. The summed E-state index contributed by atoms with van der Waals surface area (Å²) < 4.78 is 19.0. The summed E-state index contributed by atoms with van der Waals surface area (Å²) >= 11 is 0. The predicted molar refractivity (Wildman–Crippen MR) is 74.1 cm³/mol. The zero-order chi connectivity index (χ0) is 14.3. The van der Waals surface area contributed by atoms with Gasteiger partial charge < -0.3 is 9.64 Å². The molecule has 2 aliphatic heterocycles. The van der Waals surface area contributed by atoms with E-state index in [0.29, 0.717) is 29.7 Å². The van der Waals surface area contributed by atoms with Crippen LogP contribution in [0.5, 0.6) is 0 Å². The quantitative estimate of drug-likeness (QED) is 0.790. The summed E-state index contributed by atoms with van der Waals surface area (Å²) in [6.45, 7) is 5.30. The smallest absolute Gasteiger partial charge is 0.254 e. The first kappa shape index (κ1) is 13.6. The normalized spacial score (nSPS) is 29.4. The lowest BCUT2D eigenvalue weighted by Crippen LogP contribution is -2.45. The second kappa shape index (κ2) is 5.17. The monoisotopic (exact) mass is 277 g/mol. The Labute approximate surface area is 118 Å². The van der Waals surface area contributed by atoms with E-state index in [0.717, 1.165) is 19.4 Å². The van der Waals surface area contributed by atoms with E-state index in [1.54, 1.807) is 13.0 Å². The number of amides is 1. The molecule has 2 saturated heterocycles. The van der Waals surface area contributed by atoms with Crippen LogP contribution in [0, 0.1) is 18.7 Å². The van der Waals surface area contributed by atoms with E-state index < -0.39 is 0 Å². The maximum absolute atomic E-state index is 13.1. The Kier molecular flexibility index (Phi) is 3.50. The molecule has 4 heteroatoms. The van der Waals surface area contributed by atoms with Crippen molar-refractivity contribution in [2.24, 2.45) is 5.92 Å². The first-order valence-corrected chi connectivity index (χ1v) is 7.25. The lowest BCUT2D eigenvalue weighted by molar-refractivity contribution is 0.00154. The van der Waals surface area contributed by atoms with E-state index in [1.165, 1.54) is 12.1 Å². The van der Waals surface area contributed by atoms with Gasteiger partial charge in [-0.05, 0) is 56.4 Å². The molecule has 0 saturated carbocycles. The van der Waals surface area contributed by atoms with Crippen LogP contribution in [0.4, 0.5) is 4.39 Å². The molecule has 3 atom stereocenters. The third-order valence-electron chi connectivity index (χ3n) is 4.44. The molecular weight excluding hydrogens is 257 g/mol. The maximum atomic E-state index is 13.1. The van der Waals surface area contributed by atoms with Crippen molar-refractivity contribution in [3.8, 4) is 0 Å². The summed E-state index contributed by atoms with van der Waals surface area (Å²) in [6, 6.07) is 4.34. The van der Waals surface area contributed by atoms with Gasteiger partial charge in [0, 0.05) is 18.7 Å². The fraction of sp³-hybridized carbons (Fsp3) is 0.562. The Morgan fingerprint density at radius 1 is 1.45 bits per heavy atom. The molecule has 0 radical (unpaired) electrons. The number of benzene rings is 1. The van der Waals surface area contributed by atoms with Crippen LogP contribution in [0.15, 0.2) is 18.2 Å². The topological polar surface area (TPSA) is 29.5 Å². The number of carbonyl (C=O) groups excluding carboxylic acids is 1. The van der Waals surface area contributed by atoms with Gasteiger partial charge in [-0.15, -0.1) is 0 Å². The van der Waals surface area contributed by atoms with E-state index in [4.69, 9.17) is 4.74 Å². The predicted octanol–water partition coefficient (Wildman–Crippen LogP) is 2.77. The number of fused-ring (bicyclic) bond motifs is 1. The van der Waals surface area contributed by atoms with Gasteiger partial charge in [0.2, 0.25) is 0 Å². The van der Waals surface area contributed by atoms with Crippen molar-refractivity contribution < 1.29 is 13.9 Å². The van der Waals surface area contributed by atoms with Gasteiger partial charge >= 0.3 is 0 Å². The van der Waals surface area contributed by atoms with Crippen molar-refractivity contribution in [1.82, 2.24) is 4.90 Å². The molecule has 20 heavy (non-hydrogen) atoms. The van der Waals surface area contributed by atoms with Gasteiger partial charge in [-0.2, -0.15) is 0 Å². The highest BCUT2D eigenvalue weighted by Gasteiger charge is 2.38. The van der Waals surface area contributed by atoms with E-state index in [9.17, 15) is 9.18 Å². The van der Waals surface area contributed by atoms with Gasteiger partial charge in [0.25, 0.3) is 5.91 Å². The second-order valence-electron chi connectivity index (χ2n) is 5.98. The zero-order valence-corrected chi connectivity index (χ0v) is 11.9. The summed E-state index contributed by atoms with van der Waals surface area (Å²) in [4.78, 5) is 14.4. The van der Waals surface area contributed by atoms with Crippen LogP contribution in [0.2, 0.25) is 0 Å². The number of aryl methyl sites for hydroxylation is 1. The number of piperidine rings is 1. The Bertz CT molecular complexity index is 531. The highest BCUT2D eigenvalue weighted by atomic mass is 19.1. The fourth-order valence-corrected chi connectivity index (χ4v) is 3.39. The number of halogens is 1. The fourth-order valence-electron chi connectivity index (χ4n) is 3.39. The molecule has 3 nitrogen and oxygen atoms in total. The summed E-state index contributed by atoms with van der Waals surface area (Å²) in [7, 11) is 0. The minimum atomic E-state index is -0.300. The summed E-state index contributed by atoms with van der Waals surface area (Å²) in [5, 5.41) is 0. The summed E-state index contributed by atoms with van der Waals surface area (Å²) in [6.07, 6.45) is 2.57. The number of carbonyl (C=O) groups is 1.